The second-order valence-corrected chi connectivity index (χ2v) is 2.95. The molecule has 3 nitrogen and oxygen atoms in total. The third kappa shape index (κ3) is 1.96. The van der Waals surface area contributed by atoms with Gasteiger partial charge in [0.15, 0.2) is 11.6 Å². The zero-order chi connectivity index (χ0) is 10.0. The van der Waals surface area contributed by atoms with E-state index in [1.165, 1.54) is 6.07 Å². The minimum Gasteiger partial charge on any atom is -0.505 e. The van der Waals surface area contributed by atoms with Crippen LogP contribution in [0.2, 0.25) is 0 Å². The molecule has 0 bridgehead atoms. The molecule has 0 saturated carbocycles. The second kappa shape index (κ2) is 3.72. The lowest BCUT2D eigenvalue weighted by atomic mass is 10.0. The number of nitrogens with two attached hydrogens (primary N) is 1. The van der Waals surface area contributed by atoms with Crippen LogP contribution in [-0.2, 0) is 0 Å². The van der Waals surface area contributed by atoms with E-state index in [0.29, 0.717) is 11.1 Å². The molecule has 0 aliphatic heterocycles. The molecule has 4 heteroatoms. The molecule has 0 spiro atoms. The topological polar surface area (TPSA) is 66.5 Å². The van der Waals surface area contributed by atoms with Crippen molar-refractivity contribution in [2.24, 2.45) is 5.73 Å². The van der Waals surface area contributed by atoms with E-state index in [-0.39, 0.29) is 6.61 Å². The molecule has 4 N–H and O–H groups in total. The van der Waals surface area contributed by atoms with Gasteiger partial charge in [-0.2, -0.15) is 0 Å². The highest BCUT2D eigenvalue weighted by molar-refractivity contribution is 5.37. The molecule has 0 fully saturated rings. The van der Waals surface area contributed by atoms with Crippen LogP contribution >= 0.6 is 0 Å². The van der Waals surface area contributed by atoms with Crippen LogP contribution in [0.4, 0.5) is 4.39 Å². The highest BCUT2D eigenvalue weighted by atomic mass is 19.1. The molecule has 1 atom stereocenters. The van der Waals surface area contributed by atoms with Crippen molar-refractivity contribution >= 4 is 0 Å². The summed E-state index contributed by atoms with van der Waals surface area (Å²) in [6.07, 6.45) is 0. The van der Waals surface area contributed by atoms with E-state index in [9.17, 15) is 4.39 Å². The quantitative estimate of drug-likeness (QED) is 0.639. The standard InChI is InChI=1S/C9H12FNO2/c1-5-2-9(13)7(10)3-6(5)8(11)4-12/h2-3,8,12-13H,4,11H2,1H3. The van der Waals surface area contributed by atoms with Crippen molar-refractivity contribution < 1.29 is 14.6 Å². The summed E-state index contributed by atoms with van der Waals surface area (Å²) in [6, 6.07) is 1.83. The maximum absolute atomic E-state index is 12.9. The van der Waals surface area contributed by atoms with Crippen LogP contribution in [-0.4, -0.2) is 16.8 Å². The van der Waals surface area contributed by atoms with Crippen molar-refractivity contribution in [3.63, 3.8) is 0 Å². The number of aromatic hydroxyl groups is 1. The Morgan fingerprint density at radius 1 is 1.54 bits per heavy atom. The predicted octanol–water partition coefficient (Wildman–Crippen LogP) is 0.832. The first-order valence-electron chi connectivity index (χ1n) is 3.91. The van der Waals surface area contributed by atoms with E-state index in [1.54, 1.807) is 6.92 Å². The van der Waals surface area contributed by atoms with Crippen molar-refractivity contribution in [1.29, 1.82) is 0 Å². The second-order valence-electron chi connectivity index (χ2n) is 2.95. The van der Waals surface area contributed by atoms with Crippen molar-refractivity contribution in [3.8, 4) is 5.75 Å². The van der Waals surface area contributed by atoms with Crippen LogP contribution in [0.5, 0.6) is 5.75 Å². The number of hydrogen-bond donors (Lipinski definition) is 3. The number of hydrogen-bond acceptors (Lipinski definition) is 3. The lowest BCUT2D eigenvalue weighted by molar-refractivity contribution is 0.267. The van der Waals surface area contributed by atoms with Crippen molar-refractivity contribution in [3.05, 3.63) is 29.1 Å². The fourth-order valence-corrected chi connectivity index (χ4v) is 1.18. The first-order valence-corrected chi connectivity index (χ1v) is 3.91. The minimum atomic E-state index is -0.718. The molecular weight excluding hydrogens is 173 g/mol. The molecule has 0 amide bonds. The molecule has 0 aliphatic rings. The summed E-state index contributed by atoms with van der Waals surface area (Å²) in [5.41, 5.74) is 6.69. The minimum absolute atomic E-state index is 0.245. The lowest BCUT2D eigenvalue weighted by Crippen LogP contribution is -2.15. The van der Waals surface area contributed by atoms with Gasteiger partial charge in [-0.15, -0.1) is 0 Å². The number of phenols is 1. The molecule has 0 heterocycles. The zero-order valence-corrected chi connectivity index (χ0v) is 7.29. The van der Waals surface area contributed by atoms with Gasteiger partial charge in [0.25, 0.3) is 0 Å². The van der Waals surface area contributed by atoms with E-state index < -0.39 is 17.6 Å². The van der Waals surface area contributed by atoms with Crippen LogP contribution < -0.4 is 5.73 Å². The maximum Gasteiger partial charge on any atom is 0.165 e. The SMILES string of the molecule is Cc1cc(O)c(F)cc1C(N)CO. The molecule has 1 rings (SSSR count). The number of aliphatic hydroxyl groups excluding tert-OH is 1. The summed E-state index contributed by atoms with van der Waals surface area (Å²) in [4.78, 5) is 0. The van der Waals surface area contributed by atoms with Gasteiger partial charge >= 0.3 is 0 Å². The molecular formula is C9H12FNO2. The Morgan fingerprint density at radius 2 is 2.15 bits per heavy atom. The highest BCUT2D eigenvalue weighted by Gasteiger charge is 2.11. The van der Waals surface area contributed by atoms with E-state index in [0.717, 1.165) is 6.07 Å². The van der Waals surface area contributed by atoms with E-state index in [2.05, 4.69) is 0 Å². The van der Waals surface area contributed by atoms with Crippen molar-refractivity contribution in [2.45, 2.75) is 13.0 Å². The average Bonchev–Trinajstić information content (AvgIpc) is 2.10. The van der Waals surface area contributed by atoms with Crippen LogP contribution in [0.25, 0.3) is 0 Å². The monoisotopic (exact) mass is 185 g/mol. The van der Waals surface area contributed by atoms with Crippen molar-refractivity contribution in [2.75, 3.05) is 6.61 Å². The number of aryl methyl sites for hydroxylation is 1. The Bertz CT molecular complexity index is 315. The Labute approximate surface area is 75.6 Å². The van der Waals surface area contributed by atoms with Gasteiger partial charge in [0.1, 0.15) is 0 Å². The smallest absolute Gasteiger partial charge is 0.165 e. The number of benzene rings is 1. The largest absolute Gasteiger partial charge is 0.505 e. The van der Waals surface area contributed by atoms with E-state index >= 15 is 0 Å². The van der Waals surface area contributed by atoms with Crippen molar-refractivity contribution in [1.82, 2.24) is 0 Å². The van der Waals surface area contributed by atoms with Gasteiger partial charge in [-0.05, 0) is 30.2 Å². The molecule has 13 heavy (non-hydrogen) atoms. The Balaban J connectivity index is 3.15. The third-order valence-electron chi connectivity index (χ3n) is 1.93. The Kier molecular flexibility index (Phi) is 2.85. The summed E-state index contributed by atoms with van der Waals surface area (Å²) in [6.45, 7) is 1.45. The summed E-state index contributed by atoms with van der Waals surface area (Å²) in [7, 11) is 0. The van der Waals surface area contributed by atoms with Gasteiger partial charge < -0.3 is 15.9 Å². The molecule has 72 valence electrons. The number of rotatable bonds is 2. The first-order chi connectivity index (χ1) is 6.06. The summed E-state index contributed by atoms with van der Waals surface area (Å²) < 4.78 is 12.9. The average molecular weight is 185 g/mol. The normalized spacial score (nSPS) is 12.9. The Morgan fingerprint density at radius 3 is 2.69 bits per heavy atom. The molecule has 0 aliphatic carbocycles. The van der Waals surface area contributed by atoms with Gasteiger partial charge in [-0.25, -0.2) is 4.39 Å². The first kappa shape index (κ1) is 9.95. The molecule has 0 saturated heterocycles. The fourth-order valence-electron chi connectivity index (χ4n) is 1.18. The van der Waals surface area contributed by atoms with Crippen LogP contribution in [0, 0.1) is 12.7 Å². The third-order valence-corrected chi connectivity index (χ3v) is 1.93. The van der Waals surface area contributed by atoms with Crippen LogP contribution in [0.3, 0.4) is 0 Å². The highest BCUT2D eigenvalue weighted by Crippen LogP contribution is 2.23. The predicted molar refractivity (Wildman–Crippen MR) is 46.8 cm³/mol. The maximum atomic E-state index is 12.9. The van der Waals surface area contributed by atoms with E-state index in [4.69, 9.17) is 15.9 Å². The van der Waals surface area contributed by atoms with Gasteiger partial charge in [0.05, 0.1) is 12.6 Å². The summed E-state index contributed by atoms with van der Waals surface area (Å²) >= 11 is 0. The zero-order valence-electron chi connectivity index (χ0n) is 7.29. The molecule has 0 radical (unpaired) electrons. The van der Waals surface area contributed by atoms with Gasteiger partial charge in [0.2, 0.25) is 0 Å². The van der Waals surface area contributed by atoms with Gasteiger partial charge in [-0.1, -0.05) is 0 Å². The van der Waals surface area contributed by atoms with Gasteiger partial charge in [-0.3, -0.25) is 0 Å². The molecule has 1 unspecified atom stereocenters. The molecule has 0 aromatic heterocycles. The molecule has 1 aromatic rings. The Hall–Kier alpha value is -1.13. The molecule has 1 aromatic carbocycles. The summed E-state index contributed by atoms with van der Waals surface area (Å²) in [5, 5.41) is 17.8. The van der Waals surface area contributed by atoms with Crippen LogP contribution in [0.1, 0.15) is 17.2 Å². The number of halogens is 1. The number of aliphatic hydroxyl groups is 1. The fraction of sp³-hybridized carbons (Fsp3) is 0.333. The lowest BCUT2D eigenvalue weighted by Gasteiger charge is -2.12. The van der Waals surface area contributed by atoms with Gasteiger partial charge in [0, 0.05) is 0 Å². The summed E-state index contributed by atoms with van der Waals surface area (Å²) in [5.74, 6) is -1.11. The van der Waals surface area contributed by atoms with E-state index in [1.807, 2.05) is 0 Å². The number of phenolic OH excluding ortho intramolecular Hbond substituents is 1. The van der Waals surface area contributed by atoms with Crippen LogP contribution in [0.15, 0.2) is 12.1 Å².